The summed E-state index contributed by atoms with van der Waals surface area (Å²) in [5.74, 6) is 0.500. The molecule has 2 aromatic heterocycles. The topological polar surface area (TPSA) is 101 Å². The standard InChI is InChI=1S/C23H25BrN4O.C16H11BrN2O2.C13H20N2/c1-26(21-10-12-27(13-11-21)15-18-6-3-2-4-7-18)23(29)28-16-22(25-17-28)19-8-5-9-20(24)14-19;17-13-6-4-5-12(9-13)15-10-19(11-18-15)16(20)21-14-7-2-1-3-8-14;1-14-13-7-9-15(10-8-13)11-12-5-3-2-4-6-12/h2-9,14,16-17,21H,10-13,15H2,1H3;1-11H;2-6,13-14H,7-11H2,1H3. The maximum Gasteiger partial charge on any atom is 0.424 e. The van der Waals surface area contributed by atoms with Crippen molar-refractivity contribution in [2.24, 2.45) is 0 Å². The third-order valence-corrected chi connectivity index (χ3v) is 12.7. The van der Waals surface area contributed by atoms with Crippen LogP contribution in [0.5, 0.6) is 5.75 Å². The largest absolute Gasteiger partial charge is 0.424 e. The zero-order valence-electron chi connectivity index (χ0n) is 36.9. The van der Waals surface area contributed by atoms with Gasteiger partial charge in [0.2, 0.25) is 0 Å². The fourth-order valence-electron chi connectivity index (χ4n) is 7.95. The van der Waals surface area contributed by atoms with Crippen molar-refractivity contribution in [2.75, 3.05) is 40.3 Å². The predicted molar refractivity (Wildman–Crippen MR) is 266 cm³/mol. The highest BCUT2D eigenvalue weighted by Gasteiger charge is 2.26. The first-order valence-electron chi connectivity index (χ1n) is 22.0. The van der Waals surface area contributed by atoms with E-state index in [1.807, 2.05) is 84.9 Å². The van der Waals surface area contributed by atoms with Gasteiger partial charge in [0.05, 0.1) is 11.4 Å². The Hall–Kier alpha value is -5.70. The number of aromatic nitrogens is 4. The number of ether oxygens (including phenoxy) is 1. The van der Waals surface area contributed by atoms with E-state index >= 15 is 0 Å². The predicted octanol–water partition coefficient (Wildman–Crippen LogP) is 11.1. The second kappa shape index (κ2) is 24.0. The average Bonchev–Trinajstić information content (AvgIpc) is 4.06. The summed E-state index contributed by atoms with van der Waals surface area (Å²) in [5, 5.41) is 3.36. The monoisotopic (exact) mass is 998 g/mol. The Labute approximate surface area is 399 Å². The zero-order chi connectivity index (χ0) is 45.4. The van der Waals surface area contributed by atoms with Crippen molar-refractivity contribution < 1.29 is 14.3 Å². The van der Waals surface area contributed by atoms with E-state index in [0.717, 1.165) is 70.8 Å². The quantitative estimate of drug-likeness (QED) is 0.153. The Bertz CT molecular complexity index is 2540. The highest BCUT2D eigenvalue weighted by atomic mass is 79.9. The maximum atomic E-state index is 13.0. The van der Waals surface area contributed by atoms with E-state index in [9.17, 15) is 9.59 Å². The van der Waals surface area contributed by atoms with Gasteiger partial charge in [0.25, 0.3) is 0 Å². The molecule has 0 bridgehead atoms. The number of imidazole rings is 2. The fraction of sp³-hybridized carbons (Fsp3) is 0.269. The van der Waals surface area contributed by atoms with Gasteiger partial charge in [-0.1, -0.05) is 135 Å². The summed E-state index contributed by atoms with van der Waals surface area (Å²) in [7, 11) is 3.97. The van der Waals surface area contributed by atoms with Crippen molar-refractivity contribution in [2.45, 2.75) is 50.9 Å². The molecule has 7 aromatic rings. The molecular formula is C52H56Br2N8O3. The summed E-state index contributed by atoms with van der Waals surface area (Å²) in [6.07, 6.45) is 10.6. The van der Waals surface area contributed by atoms with Gasteiger partial charge in [-0.3, -0.25) is 14.4 Å². The molecular weight excluding hydrogens is 944 g/mol. The highest BCUT2D eigenvalue weighted by molar-refractivity contribution is 9.10. The number of hydrogen-bond donors (Lipinski definition) is 1. The second-order valence-electron chi connectivity index (χ2n) is 16.2. The fourth-order valence-corrected chi connectivity index (χ4v) is 8.75. The Morgan fingerprint density at radius 3 is 1.58 bits per heavy atom. The van der Waals surface area contributed by atoms with Crippen LogP contribution in [0.25, 0.3) is 22.5 Å². The third-order valence-electron chi connectivity index (χ3n) is 11.7. The molecule has 336 valence electrons. The SMILES string of the molecule is CN(C(=O)n1cnc(-c2cccc(Br)c2)c1)C1CCN(Cc2ccccc2)CC1.CNC1CCN(Cc2ccccc2)CC1.O=C(Oc1ccccc1)n1cnc(-c2cccc(Br)c2)c1. The van der Waals surface area contributed by atoms with E-state index in [2.05, 4.69) is 125 Å². The number of para-hydroxylation sites is 1. The van der Waals surface area contributed by atoms with Gasteiger partial charge in [-0.25, -0.2) is 24.1 Å². The third kappa shape index (κ3) is 14.1. The molecule has 2 saturated heterocycles. The van der Waals surface area contributed by atoms with Crippen molar-refractivity contribution in [1.82, 2.24) is 39.1 Å². The van der Waals surface area contributed by atoms with Gasteiger partial charge in [0.1, 0.15) is 18.4 Å². The molecule has 0 saturated carbocycles. The summed E-state index contributed by atoms with van der Waals surface area (Å²) >= 11 is 6.90. The zero-order valence-corrected chi connectivity index (χ0v) is 40.1. The van der Waals surface area contributed by atoms with Crippen LogP contribution >= 0.6 is 31.9 Å². The number of carbonyl (C=O) groups is 2. The highest BCUT2D eigenvalue weighted by Crippen LogP contribution is 2.24. The van der Waals surface area contributed by atoms with Crippen molar-refractivity contribution in [3.63, 3.8) is 0 Å². The Balaban J connectivity index is 0.000000154. The van der Waals surface area contributed by atoms with Crippen LogP contribution < -0.4 is 10.1 Å². The molecule has 2 aliphatic heterocycles. The number of nitrogens with zero attached hydrogens (tertiary/aromatic N) is 7. The first-order chi connectivity index (χ1) is 31.7. The summed E-state index contributed by atoms with van der Waals surface area (Å²) in [5.41, 5.74) is 6.19. The molecule has 2 fully saturated rings. The molecule has 0 spiro atoms. The van der Waals surface area contributed by atoms with E-state index in [-0.39, 0.29) is 12.1 Å². The number of hydrogen-bond acceptors (Lipinski definition) is 8. The molecule has 0 unspecified atom stereocenters. The lowest BCUT2D eigenvalue weighted by atomic mass is 10.0. The van der Waals surface area contributed by atoms with Crippen molar-refractivity contribution >= 4 is 44.0 Å². The number of amides is 1. The second-order valence-corrected chi connectivity index (χ2v) is 18.1. The number of nitrogens with one attached hydrogen (secondary N) is 1. The normalized spacial score (nSPS) is 14.6. The summed E-state index contributed by atoms with van der Waals surface area (Å²) in [6, 6.07) is 46.9. The average molecular weight is 1000 g/mol. The molecule has 65 heavy (non-hydrogen) atoms. The van der Waals surface area contributed by atoms with Crippen LogP contribution in [-0.4, -0.2) is 98.3 Å². The molecule has 4 heterocycles. The van der Waals surface area contributed by atoms with E-state index in [4.69, 9.17) is 4.74 Å². The minimum atomic E-state index is -0.491. The molecule has 0 aliphatic carbocycles. The van der Waals surface area contributed by atoms with E-state index < -0.39 is 6.09 Å². The first-order valence-corrected chi connectivity index (χ1v) is 23.6. The van der Waals surface area contributed by atoms with E-state index in [1.54, 1.807) is 29.2 Å². The number of piperidine rings is 2. The molecule has 11 nitrogen and oxygen atoms in total. The Morgan fingerprint density at radius 1 is 0.631 bits per heavy atom. The molecule has 2 aliphatic rings. The minimum Gasteiger partial charge on any atom is -0.410 e. The first kappa shape index (κ1) is 47.3. The summed E-state index contributed by atoms with van der Waals surface area (Å²) < 4.78 is 10.1. The smallest absolute Gasteiger partial charge is 0.410 e. The number of likely N-dealkylation sites (tertiary alicyclic amines) is 2. The molecule has 9 rings (SSSR count). The Morgan fingerprint density at radius 2 is 1.09 bits per heavy atom. The van der Waals surface area contributed by atoms with Crippen molar-refractivity contribution in [1.29, 1.82) is 0 Å². The van der Waals surface area contributed by atoms with Gasteiger partial charge < -0.3 is 15.0 Å². The molecule has 5 aromatic carbocycles. The van der Waals surface area contributed by atoms with Gasteiger partial charge >= 0.3 is 12.1 Å². The number of rotatable bonds is 9. The number of halogens is 2. The van der Waals surface area contributed by atoms with Crippen LogP contribution in [0.4, 0.5) is 9.59 Å². The lowest BCUT2D eigenvalue weighted by Gasteiger charge is -2.36. The molecule has 0 atom stereocenters. The molecule has 1 amide bonds. The van der Waals surface area contributed by atoms with Crippen LogP contribution in [0.3, 0.4) is 0 Å². The lowest BCUT2D eigenvalue weighted by molar-refractivity contribution is 0.132. The van der Waals surface area contributed by atoms with Gasteiger partial charge in [-0.15, -0.1) is 0 Å². The molecule has 1 N–H and O–H groups in total. The van der Waals surface area contributed by atoms with Crippen LogP contribution in [0.2, 0.25) is 0 Å². The van der Waals surface area contributed by atoms with Crippen molar-refractivity contribution in [3.8, 4) is 28.3 Å². The maximum absolute atomic E-state index is 13.0. The van der Waals surface area contributed by atoms with E-state index in [1.165, 1.54) is 48.0 Å². The van der Waals surface area contributed by atoms with Crippen LogP contribution in [0.1, 0.15) is 36.8 Å². The van der Waals surface area contributed by atoms with Gasteiger partial charge in [0.15, 0.2) is 0 Å². The van der Waals surface area contributed by atoms with Gasteiger partial charge in [-0.2, -0.15) is 0 Å². The van der Waals surface area contributed by atoms with Crippen LogP contribution in [-0.2, 0) is 13.1 Å². The van der Waals surface area contributed by atoms with Crippen molar-refractivity contribution in [3.05, 3.63) is 185 Å². The summed E-state index contributed by atoms with van der Waals surface area (Å²) in [6.45, 7) is 6.54. The van der Waals surface area contributed by atoms with Crippen LogP contribution in [0, 0.1) is 0 Å². The van der Waals surface area contributed by atoms with E-state index in [0.29, 0.717) is 11.4 Å². The van der Waals surface area contributed by atoms with Gasteiger partial charge in [-0.05, 0) is 93.3 Å². The van der Waals surface area contributed by atoms with Crippen LogP contribution in [0.15, 0.2) is 174 Å². The minimum absolute atomic E-state index is 0.0275. The number of carbonyl (C=O) groups excluding carboxylic acids is 2. The lowest BCUT2D eigenvalue weighted by Crippen LogP contribution is -2.46. The number of benzene rings is 5. The van der Waals surface area contributed by atoms with Gasteiger partial charge in [0, 0.05) is 77.8 Å². The Kier molecular flexibility index (Phi) is 17.5. The summed E-state index contributed by atoms with van der Waals surface area (Å²) in [4.78, 5) is 40.5. The molecule has 0 radical (unpaired) electrons. The molecule has 13 heteroatoms.